The van der Waals surface area contributed by atoms with E-state index in [0.29, 0.717) is 18.1 Å². The van der Waals surface area contributed by atoms with E-state index in [2.05, 4.69) is 9.97 Å². The fraction of sp³-hybridized carbons (Fsp3) is 0.143. The molecule has 0 aliphatic rings. The summed E-state index contributed by atoms with van der Waals surface area (Å²) in [5.74, 6) is 0.358. The zero-order valence-electron chi connectivity index (χ0n) is 10.5. The summed E-state index contributed by atoms with van der Waals surface area (Å²) in [6.45, 7) is 0.491. The molecule has 0 aliphatic carbocycles. The van der Waals surface area contributed by atoms with Crippen LogP contribution >= 0.6 is 0 Å². The van der Waals surface area contributed by atoms with Gasteiger partial charge in [0.25, 0.3) is 0 Å². The normalized spacial score (nSPS) is 11.1. The predicted molar refractivity (Wildman–Crippen MR) is 71.8 cm³/mol. The van der Waals surface area contributed by atoms with Crippen LogP contribution in [0.4, 0.5) is 4.39 Å². The van der Waals surface area contributed by atoms with Crippen LogP contribution < -0.4 is 5.73 Å². The van der Waals surface area contributed by atoms with Crippen LogP contribution in [-0.2, 0) is 13.6 Å². The van der Waals surface area contributed by atoms with Crippen molar-refractivity contribution in [1.29, 1.82) is 0 Å². The van der Waals surface area contributed by atoms with E-state index in [0.717, 1.165) is 16.6 Å². The van der Waals surface area contributed by atoms with Gasteiger partial charge in [0.05, 0.1) is 17.2 Å². The van der Waals surface area contributed by atoms with E-state index in [1.807, 2.05) is 29.8 Å². The van der Waals surface area contributed by atoms with E-state index in [9.17, 15) is 4.39 Å². The third-order valence-electron chi connectivity index (χ3n) is 3.14. The number of aryl methyl sites for hydroxylation is 1. The van der Waals surface area contributed by atoms with Gasteiger partial charge in [-0.15, -0.1) is 0 Å². The van der Waals surface area contributed by atoms with Gasteiger partial charge in [-0.25, -0.2) is 14.4 Å². The van der Waals surface area contributed by atoms with Gasteiger partial charge in [0.2, 0.25) is 0 Å². The maximum Gasteiger partial charge on any atom is 0.159 e. The molecule has 5 heteroatoms. The number of hydrogen-bond donors (Lipinski definition) is 1. The Morgan fingerprint density at radius 1 is 1.26 bits per heavy atom. The average Bonchev–Trinajstić information content (AvgIpc) is 2.76. The first kappa shape index (κ1) is 11.8. The predicted octanol–water partition coefficient (Wildman–Crippen LogP) is 2.23. The Kier molecular flexibility index (Phi) is 2.76. The van der Waals surface area contributed by atoms with Gasteiger partial charge < -0.3 is 10.3 Å². The van der Waals surface area contributed by atoms with E-state index in [1.165, 1.54) is 12.3 Å². The number of pyridine rings is 1. The lowest BCUT2D eigenvalue weighted by molar-refractivity contribution is 0.621. The van der Waals surface area contributed by atoms with E-state index in [-0.39, 0.29) is 5.82 Å². The Labute approximate surface area is 109 Å². The number of hydrogen-bond acceptors (Lipinski definition) is 3. The summed E-state index contributed by atoms with van der Waals surface area (Å²) in [5, 5.41) is 0. The highest BCUT2D eigenvalue weighted by atomic mass is 19.1. The number of benzene rings is 1. The summed E-state index contributed by atoms with van der Waals surface area (Å²) in [7, 11) is 1.91. The first-order chi connectivity index (χ1) is 9.19. The SMILES string of the molecule is Cn1c(-c2ccc(F)cn2)nc2ccc(CN)cc21. The lowest BCUT2D eigenvalue weighted by Crippen LogP contribution is -1.97. The number of aromatic nitrogens is 3. The number of rotatable bonds is 2. The molecule has 96 valence electrons. The van der Waals surface area contributed by atoms with Crippen molar-refractivity contribution in [3.05, 3.63) is 47.9 Å². The van der Waals surface area contributed by atoms with Gasteiger partial charge in [-0.05, 0) is 29.8 Å². The second-order valence-corrected chi connectivity index (χ2v) is 4.38. The Morgan fingerprint density at radius 2 is 2.11 bits per heavy atom. The molecular weight excluding hydrogens is 243 g/mol. The van der Waals surface area contributed by atoms with Crippen molar-refractivity contribution in [2.75, 3.05) is 0 Å². The van der Waals surface area contributed by atoms with Crippen LogP contribution in [0.15, 0.2) is 36.5 Å². The Bertz CT molecular complexity index is 731. The lowest BCUT2D eigenvalue weighted by atomic mass is 10.2. The van der Waals surface area contributed by atoms with Crippen molar-refractivity contribution in [1.82, 2.24) is 14.5 Å². The molecule has 0 amide bonds. The molecule has 0 bridgehead atoms. The van der Waals surface area contributed by atoms with Crippen molar-refractivity contribution in [2.45, 2.75) is 6.54 Å². The van der Waals surface area contributed by atoms with Crippen molar-refractivity contribution in [2.24, 2.45) is 12.8 Å². The van der Waals surface area contributed by atoms with E-state index in [1.54, 1.807) is 6.07 Å². The molecular formula is C14H13FN4. The van der Waals surface area contributed by atoms with Crippen molar-refractivity contribution in [3.8, 4) is 11.5 Å². The molecule has 4 nitrogen and oxygen atoms in total. The molecule has 19 heavy (non-hydrogen) atoms. The molecule has 2 heterocycles. The number of nitrogens with two attached hydrogens (primary N) is 1. The minimum absolute atomic E-state index is 0.354. The molecule has 3 aromatic rings. The third kappa shape index (κ3) is 1.98. The van der Waals surface area contributed by atoms with Crippen LogP contribution in [0.3, 0.4) is 0 Å². The second-order valence-electron chi connectivity index (χ2n) is 4.38. The number of nitrogens with zero attached hydrogens (tertiary/aromatic N) is 3. The summed E-state index contributed by atoms with van der Waals surface area (Å²) in [6, 6.07) is 8.91. The molecule has 0 unspecified atom stereocenters. The molecule has 0 atom stereocenters. The standard InChI is InChI=1S/C14H13FN4/c1-19-13-6-9(7-16)2-4-11(13)18-14(19)12-5-3-10(15)8-17-12/h2-6,8H,7,16H2,1H3. The van der Waals surface area contributed by atoms with Crippen LogP contribution in [0, 0.1) is 5.82 Å². The number of fused-ring (bicyclic) bond motifs is 1. The molecule has 0 saturated heterocycles. The quantitative estimate of drug-likeness (QED) is 0.765. The lowest BCUT2D eigenvalue weighted by Gasteiger charge is -2.02. The molecule has 3 rings (SSSR count). The Hall–Kier alpha value is -2.27. The largest absolute Gasteiger partial charge is 0.326 e. The third-order valence-corrected chi connectivity index (χ3v) is 3.14. The highest BCUT2D eigenvalue weighted by Gasteiger charge is 2.11. The average molecular weight is 256 g/mol. The van der Waals surface area contributed by atoms with Gasteiger partial charge in [-0.1, -0.05) is 6.07 Å². The highest BCUT2D eigenvalue weighted by Crippen LogP contribution is 2.23. The van der Waals surface area contributed by atoms with Crippen LogP contribution in [0.25, 0.3) is 22.6 Å². The molecule has 0 saturated carbocycles. The molecule has 0 radical (unpaired) electrons. The van der Waals surface area contributed by atoms with E-state index >= 15 is 0 Å². The molecule has 0 spiro atoms. The minimum Gasteiger partial charge on any atom is -0.326 e. The van der Waals surface area contributed by atoms with E-state index in [4.69, 9.17) is 5.73 Å². The van der Waals surface area contributed by atoms with Crippen LogP contribution in [-0.4, -0.2) is 14.5 Å². The molecule has 2 N–H and O–H groups in total. The zero-order valence-corrected chi connectivity index (χ0v) is 10.5. The molecule has 2 aromatic heterocycles. The Balaban J connectivity index is 2.19. The maximum atomic E-state index is 12.9. The van der Waals surface area contributed by atoms with Gasteiger partial charge in [0, 0.05) is 13.6 Å². The van der Waals surface area contributed by atoms with Gasteiger partial charge >= 0.3 is 0 Å². The van der Waals surface area contributed by atoms with Crippen molar-refractivity contribution < 1.29 is 4.39 Å². The Morgan fingerprint density at radius 3 is 2.79 bits per heavy atom. The zero-order chi connectivity index (χ0) is 13.4. The first-order valence-electron chi connectivity index (χ1n) is 5.96. The van der Waals surface area contributed by atoms with Crippen molar-refractivity contribution >= 4 is 11.0 Å². The van der Waals surface area contributed by atoms with Gasteiger partial charge in [0.1, 0.15) is 11.5 Å². The van der Waals surface area contributed by atoms with Gasteiger partial charge in [0.15, 0.2) is 5.82 Å². The van der Waals surface area contributed by atoms with Crippen LogP contribution in [0.2, 0.25) is 0 Å². The number of imidazole rings is 1. The topological polar surface area (TPSA) is 56.7 Å². The fourth-order valence-corrected chi connectivity index (χ4v) is 2.10. The summed E-state index contributed by atoms with van der Waals surface area (Å²) >= 11 is 0. The summed E-state index contributed by atoms with van der Waals surface area (Å²) in [6.07, 6.45) is 1.19. The van der Waals surface area contributed by atoms with Crippen LogP contribution in [0.1, 0.15) is 5.56 Å². The molecule has 0 aliphatic heterocycles. The summed E-state index contributed by atoms with van der Waals surface area (Å²) < 4.78 is 14.8. The molecule has 1 aromatic carbocycles. The van der Waals surface area contributed by atoms with Crippen LogP contribution in [0.5, 0.6) is 0 Å². The smallest absolute Gasteiger partial charge is 0.159 e. The second kappa shape index (κ2) is 4.44. The minimum atomic E-state index is -0.354. The summed E-state index contributed by atoms with van der Waals surface area (Å²) in [5.41, 5.74) is 9.21. The summed E-state index contributed by atoms with van der Waals surface area (Å²) in [4.78, 5) is 8.59. The fourth-order valence-electron chi connectivity index (χ4n) is 2.10. The molecule has 0 fully saturated rings. The van der Waals surface area contributed by atoms with E-state index < -0.39 is 0 Å². The maximum absolute atomic E-state index is 12.9. The highest BCUT2D eigenvalue weighted by molar-refractivity contribution is 5.80. The van der Waals surface area contributed by atoms with Gasteiger partial charge in [-0.3, -0.25) is 0 Å². The monoisotopic (exact) mass is 256 g/mol. The first-order valence-corrected chi connectivity index (χ1v) is 5.96. The number of halogens is 1. The van der Waals surface area contributed by atoms with Crippen molar-refractivity contribution in [3.63, 3.8) is 0 Å². The van der Waals surface area contributed by atoms with Gasteiger partial charge in [-0.2, -0.15) is 0 Å².